The Hall–Kier alpha value is -0.960. The predicted molar refractivity (Wildman–Crippen MR) is 50.8 cm³/mol. The van der Waals surface area contributed by atoms with Crippen LogP contribution in [0.4, 0.5) is 5.69 Å². The van der Waals surface area contributed by atoms with Crippen LogP contribution in [0.2, 0.25) is 0 Å². The van der Waals surface area contributed by atoms with Gasteiger partial charge in [-0.15, -0.1) is 0 Å². The lowest BCUT2D eigenvalue weighted by molar-refractivity contribution is 0.698. The third kappa shape index (κ3) is 2.27. The maximum Gasteiger partial charge on any atom is 0.205 e. The fourth-order valence-electron chi connectivity index (χ4n) is 0.984. The molecule has 12 heavy (non-hydrogen) atoms. The Morgan fingerprint density at radius 2 is 2.17 bits per heavy atom. The minimum atomic E-state index is 0.250. The van der Waals surface area contributed by atoms with Crippen molar-refractivity contribution in [3.05, 3.63) is 29.8 Å². The van der Waals surface area contributed by atoms with E-state index < -0.39 is 0 Å². The lowest BCUT2D eigenvalue weighted by atomic mass is 10.0. The van der Waals surface area contributed by atoms with E-state index in [1.165, 1.54) is 5.56 Å². The van der Waals surface area contributed by atoms with Gasteiger partial charge in [0, 0.05) is 0 Å². The van der Waals surface area contributed by atoms with Gasteiger partial charge in [0.25, 0.3) is 0 Å². The molecule has 3 heteroatoms. The Balaban J connectivity index is 3.03. The molecule has 2 nitrogen and oxygen atoms in total. The van der Waals surface area contributed by atoms with Crippen molar-refractivity contribution in [2.75, 3.05) is 0 Å². The van der Waals surface area contributed by atoms with Crippen LogP contribution in [0.1, 0.15) is 25.3 Å². The van der Waals surface area contributed by atoms with Crippen LogP contribution in [-0.4, -0.2) is 4.21 Å². The van der Waals surface area contributed by atoms with Gasteiger partial charge in [0.2, 0.25) is 11.5 Å². The Kier molecular flexibility index (Phi) is 3.17. The Morgan fingerprint density at radius 3 is 2.75 bits per heavy atom. The highest BCUT2D eigenvalue weighted by Gasteiger charge is 1.98. The molecule has 0 unspecified atom stereocenters. The lowest BCUT2D eigenvalue weighted by Crippen LogP contribution is -1.84. The molecule has 0 heterocycles. The minimum Gasteiger partial charge on any atom is -0.191 e. The van der Waals surface area contributed by atoms with Gasteiger partial charge in [-0.25, -0.2) is 0 Å². The third-order valence-corrected chi connectivity index (χ3v) is 1.96. The van der Waals surface area contributed by atoms with Crippen molar-refractivity contribution in [1.82, 2.24) is 0 Å². The summed E-state index contributed by atoms with van der Waals surface area (Å²) in [6.45, 7) is 4.23. The van der Waals surface area contributed by atoms with Crippen LogP contribution >= 0.6 is 0 Å². The van der Waals surface area contributed by atoms with Crippen LogP contribution in [0.25, 0.3) is 0 Å². The molecule has 1 aromatic carbocycles. The van der Waals surface area contributed by atoms with Crippen molar-refractivity contribution < 1.29 is 4.21 Å². The Bertz CT molecular complexity index is 316. The summed E-state index contributed by atoms with van der Waals surface area (Å²) in [5.41, 5.74) is 1.96. The summed E-state index contributed by atoms with van der Waals surface area (Å²) < 4.78 is 13.8. The van der Waals surface area contributed by atoms with E-state index in [1.54, 1.807) is 0 Å². The molecule has 64 valence electrons. The largest absolute Gasteiger partial charge is 0.205 e. The normalized spacial score (nSPS) is 9.92. The molecule has 1 rings (SSSR count). The first-order valence-electron chi connectivity index (χ1n) is 3.84. The molecule has 0 saturated carbocycles. The van der Waals surface area contributed by atoms with Crippen molar-refractivity contribution in [1.29, 1.82) is 0 Å². The molecule has 0 bridgehead atoms. The van der Waals surface area contributed by atoms with Gasteiger partial charge in [-0.05, 0) is 23.6 Å². The third-order valence-electron chi connectivity index (χ3n) is 1.68. The smallest absolute Gasteiger partial charge is 0.191 e. The summed E-state index contributed by atoms with van der Waals surface area (Å²) in [5, 5.41) is 0. The van der Waals surface area contributed by atoms with Crippen molar-refractivity contribution >= 4 is 17.2 Å². The predicted octanol–water partition coefficient (Wildman–Crippen LogP) is 2.84. The monoisotopic (exact) mass is 181 g/mol. The lowest BCUT2D eigenvalue weighted by Gasteiger charge is -2.03. The average molecular weight is 181 g/mol. The SMILES string of the molecule is CC(C)c1cccc(N=S=O)c1. The Labute approximate surface area is 75.9 Å². The molecular weight excluding hydrogens is 170 g/mol. The van der Waals surface area contributed by atoms with E-state index >= 15 is 0 Å². The molecule has 0 atom stereocenters. The molecular formula is C9H11NOS. The number of rotatable bonds is 2. The topological polar surface area (TPSA) is 29.4 Å². The maximum absolute atomic E-state index is 10.1. The molecule has 0 fully saturated rings. The summed E-state index contributed by atoms with van der Waals surface area (Å²) in [7, 11) is 0. The summed E-state index contributed by atoms with van der Waals surface area (Å²) in [6, 6.07) is 7.73. The van der Waals surface area contributed by atoms with Crippen LogP contribution in [0.15, 0.2) is 28.6 Å². The molecule has 0 amide bonds. The highest BCUT2D eigenvalue weighted by atomic mass is 32.1. The van der Waals surface area contributed by atoms with E-state index in [0.29, 0.717) is 5.92 Å². The first-order chi connectivity index (χ1) is 5.74. The number of benzene rings is 1. The fourth-order valence-corrected chi connectivity index (χ4v) is 1.18. The van der Waals surface area contributed by atoms with E-state index in [0.717, 1.165) is 5.69 Å². The van der Waals surface area contributed by atoms with E-state index in [9.17, 15) is 4.21 Å². The second kappa shape index (κ2) is 4.16. The maximum atomic E-state index is 10.1. The van der Waals surface area contributed by atoms with Gasteiger partial charge in [-0.2, -0.15) is 8.57 Å². The van der Waals surface area contributed by atoms with E-state index in [1.807, 2.05) is 24.3 Å². The zero-order valence-corrected chi connectivity index (χ0v) is 7.97. The number of hydrogen-bond donors (Lipinski definition) is 0. The molecule has 0 aromatic heterocycles. The average Bonchev–Trinajstić information content (AvgIpc) is 2.05. The van der Waals surface area contributed by atoms with Crippen LogP contribution in [0.5, 0.6) is 0 Å². The van der Waals surface area contributed by atoms with Crippen LogP contribution in [0, 0.1) is 0 Å². The van der Waals surface area contributed by atoms with Crippen molar-refractivity contribution in [2.24, 2.45) is 4.36 Å². The molecule has 1 aromatic rings. The van der Waals surface area contributed by atoms with Gasteiger partial charge in [0.1, 0.15) is 0 Å². The molecule has 0 aliphatic carbocycles. The number of hydrogen-bond acceptors (Lipinski definition) is 2. The van der Waals surface area contributed by atoms with Crippen molar-refractivity contribution in [3.63, 3.8) is 0 Å². The van der Waals surface area contributed by atoms with Gasteiger partial charge in [-0.3, -0.25) is 0 Å². The quantitative estimate of drug-likeness (QED) is 0.689. The van der Waals surface area contributed by atoms with Crippen molar-refractivity contribution in [3.8, 4) is 0 Å². The molecule has 0 spiro atoms. The van der Waals surface area contributed by atoms with E-state index in [2.05, 4.69) is 18.2 Å². The first-order valence-corrected chi connectivity index (χ1v) is 4.54. The molecule has 0 aliphatic heterocycles. The standard InChI is InChI=1S/C9H11NOS/c1-7(2)8-4-3-5-9(6-8)10-12-11/h3-7H,1-2H3. The molecule has 0 aliphatic rings. The van der Waals surface area contributed by atoms with Gasteiger partial charge in [0.05, 0.1) is 5.69 Å². The van der Waals surface area contributed by atoms with E-state index in [-0.39, 0.29) is 11.5 Å². The Morgan fingerprint density at radius 1 is 1.42 bits per heavy atom. The van der Waals surface area contributed by atoms with E-state index in [4.69, 9.17) is 0 Å². The van der Waals surface area contributed by atoms with Crippen LogP contribution in [0.3, 0.4) is 0 Å². The highest BCUT2D eigenvalue weighted by Crippen LogP contribution is 2.19. The molecule has 0 radical (unpaired) electrons. The van der Waals surface area contributed by atoms with Crippen LogP contribution < -0.4 is 0 Å². The first kappa shape index (κ1) is 9.13. The second-order valence-electron chi connectivity index (χ2n) is 2.92. The summed E-state index contributed by atoms with van der Waals surface area (Å²) in [5.74, 6) is 0.483. The van der Waals surface area contributed by atoms with Gasteiger partial charge in [0.15, 0.2) is 0 Å². The van der Waals surface area contributed by atoms with Gasteiger partial charge < -0.3 is 0 Å². The van der Waals surface area contributed by atoms with Gasteiger partial charge >= 0.3 is 0 Å². The molecule has 0 saturated heterocycles. The zero-order chi connectivity index (χ0) is 8.97. The summed E-state index contributed by atoms with van der Waals surface area (Å²) in [6.07, 6.45) is 0. The summed E-state index contributed by atoms with van der Waals surface area (Å²) in [4.78, 5) is 0. The zero-order valence-electron chi connectivity index (χ0n) is 7.15. The molecule has 0 N–H and O–H groups in total. The van der Waals surface area contributed by atoms with Gasteiger partial charge in [-0.1, -0.05) is 26.0 Å². The minimum absolute atomic E-state index is 0.250. The second-order valence-corrected chi connectivity index (χ2v) is 3.25. The van der Waals surface area contributed by atoms with Crippen LogP contribution in [-0.2, 0) is 11.5 Å². The van der Waals surface area contributed by atoms with Crippen molar-refractivity contribution in [2.45, 2.75) is 19.8 Å². The fraction of sp³-hybridized carbons (Fsp3) is 0.333. The summed E-state index contributed by atoms with van der Waals surface area (Å²) >= 11 is 0.250. The number of nitrogens with zero attached hydrogens (tertiary/aromatic N) is 1. The highest BCUT2D eigenvalue weighted by molar-refractivity contribution is 7.54.